The van der Waals surface area contributed by atoms with Crippen LogP contribution in [0.15, 0.2) is 12.1 Å². The van der Waals surface area contributed by atoms with E-state index in [0.717, 1.165) is 44.2 Å². The Kier molecular flexibility index (Phi) is 5.87. The van der Waals surface area contributed by atoms with Crippen molar-refractivity contribution in [1.82, 2.24) is 9.80 Å². The van der Waals surface area contributed by atoms with E-state index < -0.39 is 0 Å². The third kappa shape index (κ3) is 4.47. The summed E-state index contributed by atoms with van der Waals surface area (Å²) in [5.41, 5.74) is 3.62. The fourth-order valence-electron chi connectivity index (χ4n) is 3.39. The van der Waals surface area contributed by atoms with Gasteiger partial charge in [0.2, 0.25) is 0 Å². The minimum Gasteiger partial charge on any atom is -0.508 e. The Hall–Kier alpha value is -1.06. The molecule has 1 aromatic carbocycles. The molecule has 124 valence electrons. The van der Waals surface area contributed by atoms with Gasteiger partial charge in [-0.1, -0.05) is 33.8 Å². The van der Waals surface area contributed by atoms with E-state index in [2.05, 4.69) is 50.5 Å². The van der Waals surface area contributed by atoms with Crippen LogP contribution in [0.2, 0.25) is 0 Å². The first-order chi connectivity index (χ1) is 10.4. The van der Waals surface area contributed by atoms with Gasteiger partial charge >= 0.3 is 0 Å². The lowest BCUT2D eigenvalue weighted by molar-refractivity contribution is 0.117. The second kappa shape index (κ2) is 7.47. The number of nitrogens with zero attached hydrogens (tertiary/aromatic N) is 2. The number of hydrogen-bond donors (Lipinski definition) is 1. The second-order valence-electron chi connectivity index (χ2n) is 7.46. The standard InChI is InChI=1S/C19H32N2O/c1-14(2)12-20-6-8-21(9-7-20)13-17-11-18(15(3)4)16(5)10-19(17)22/h10-11,14-15,22H,6-9,12-13H2,1-5H3. The molecule has 0 spiro atoms. The predicted molar refractivity (Wildman–Crippen MR) is 93.5 cm³/mol. The average molecular weight is 304 g/mol. The first-order valence-electron chi connectivity index (χ1n) is 8.64. The Labute approximate surface area is 135 Å². The molecule has 3 heteroatoms. The Morgan fingerprint density at radius 1 is 1.00 bits per heavy atom. The van der Waals surface area contributed by atoms with E-state index >= 15 is 0 Å². The molecule has 3 nitrogen and oxygen atoms in total. The van der Waals surface area contributed by atoms with E-state index in [0.29, 0.717) is 11.7 Å². The molecule has 1 aromatic rings. The van der Waals surface area contributed by atoms with Gasteiger partial charge in [-0.15, -0.1) is 0 Å². The molecule has 0 radical (unpaired) electrons. The molecule has 0 unspecified atom stereocenters. The molecule has 0 bridgehead atoms. The van der Waals surface area contributed by atoms with Crippen molar-refractivity contribution in [2.75, 3.05) is 32.7 Å². The lowest BCUT2D eigenvalue weighted by Crippen LogP contribution is -2.46. The lowest BCUT2D eigenvalue weighted by atomic mass is 9.95. The van der Waals surface area contributed by atoms with Gasteiger partial charge in [-0.05, 0) is 36.0 Å². The van der Waals surface area contributed by atoms with E-state index in [1.54, 1.807) is 0 Å². The first kappa shape index (κ1) is 17.3. The molecule has 22 heavy (non-hydrogen) atoms. The van der Waals surface area contributed by atoms with E-state index in [1.165, 1.54) is 17.7 Å². The minimum atomic E-state index is 0.450. The maximum absolute atomic E-state index is 10.3. The molecule has 1 saturated heterocycles. The van der Waals surface area contributed by atoms with Crippen LogP contribution in [0.5, 0.6) is 5.75 Å². The van der Waals surface area contributed by atoms with Crippen LogP contribution >= 0.6 is 0 Å². The van der Waals surface area contributed by atoms with Crippen LogP contribution in [0.3, 0.4) is 0 Å². The highest BCUT2D eigenvalue weighted by Gasteiger charge is 2.19. The Bertz CT molecular complexity index is 488. The van der Waals surface area contributed by atoms with Crippen LogP contribution in [0.25, 0.3) is 0 Å². The molecule has 1 aliphatic heterocycles. The van der Waals surface area contributed by atoms with E-state index in [-0.39, 0.29) is 0 Å². The van der Waals surface area contributed by atoms with Crippen molar-refractivity contribution in [3.63, 3.8) is 0 Å². The van der Waals surface area contributed by atoms with Crippen LogP contribution in [0, 0.1) is 12.8 Å². The monoisotopic (exact) mass is 304 g/mol. The summed E-state index contributed by atoms with van der Waals surface area (Å²) < 4.78 is 0. The maximum Gasteiger partial charge on any atom is 0.120 e. The molecule has 0 amide bonds. The number of phenols is 1. The van der Waals surface area contributed by atoms with Crippen LogP contribution in [0.4, 0.5) is 0 Å². The number of benzene rings is 1. The van der Waals surface area contributed by atoms with Gasteiger partial charge in [0.05, 0.1) is 0 Å². The van der Waals surface area contributed by atoms with Crippen LogP contribution in [-0.4, -0.2) is 47.6 Å². The van der Waals surface area contributed by atoms with Crippen LogP contribution in [-0.2, 0) is 6.54 Å². The molecular weight excluding hydrogens is 272 g/mol. The van der Waals surface area contributed by atoms with Gasteiger partial charge in [-0.3, -0.25) is 4.90 Å². The van der Waals surface area contributed by atoms with Gasteiger partial charge in [0.15, 0.2) is 0 Å². The van der Waals surface area contributed by atoms with Crippen molar-refractivity contribution in [1.29, 1.82) is 0 Å². The number of phenolic OH excluding ortho intramolecular Hbond substituents is 1. The molecule has 1 heterocycles. The van der Waals surface area contributed by atoms with Crippen LogP contribution < -0.4 is 0 Å². The van der Waals surface area contributed by atoms with Gasteiger partial charge in [0.25, 0.3) is 0 Å². The summed E-state index contributed by atoms with van der Waals surface area (Å²) in [6.45, 7) is 17.6. The van der Waals surface area contributed by atoms with Crippen LogP contribution in [0.1, 0.15) is 50.3 Å². The van der Waals surface area contributed by atoms with E-state index in [4.69, 9.17) is 0 Å². The third-order valence-corrected chi connectivity index (χ3v) is 4.57. The molecule has 1 aliphatic rings. The lowest BCUT2D eigenvalue weighted by Gasteiger charge is -2.35. The van der Waals surface area contributed by atoms with Gasteiger partial charge in [0, 0.05) is 44.8 Å². The third-order valence-electron chi connectivity index (χ3n) is 4.57. The predicted octanol–water partition coefficient (Wildman–Crippen LogP) is 3.60. The van der Waals surface area contributed by atoms with Crippen molar-refractivity contribution in [2.45, 2.75) is 47.1 Å². The van der Waals surface area contributed by atoms with Gasteiger partial charge in [-0.2, -0.15) is 0 Å². The molecule has 2 rings (SSSR count). The SMILES string of the molecule is Cc1cc(O)c(CN2CCN(CC(C)C)CC2)cc1C(C)C. The molecule has 1 fully saturated rings. The zero-order valence-electron chi connectivity index (χ0n) is 14.9. The summed E-state index contributed by atoms with van der Waals surface area (Å²) in [5, 5.41) is 10.3. The normalized spacial score (nSPS) is 17.6. The highest BCUT2D eigenvalue weighted by molar-refractivity contribution is 5.42. The maximum atomic E-state index is 10.3. The highest BCUT2D eigenvalue weighted by Crippen LogP contribution is 2.28. The summed E-state index contributed by atoms with van der Waals surface area (Å²) in [4.78, 5) is 5.01. The van der Waals surface area contributed by atoms with Crippen molar-refractivity contribution in [2.24, 2.45) is 5.92 Å². The zero-order valence-corrected chi connectivity index (χ0v) is 14.9. The largest absolute Gasteiger partial charge is 0.508 e. The minimum absolute atomic E-state index is 0.450. The summed E-state index contributed by atoms with van der Waals surface area (Å²) in [6.07, 6.45) is 0. The number of piperazine rings is 1. The number of hydrogen-bond acceptors (Lipinski definition) is 3. The number of aromatic hydroxyl groups is 1. The molecule has 0 saturated carbocycles. The first-order valence-corrected chi connectivity index (χ1v) is 8.64. The molecule has 1 N–H and O–H groups in total. The molecule has 0 aromatic heterocycles. The second-order valence-corrected chi connectivity index (χ2v) is 7.46. The van der Waals surface area contributed by atoms with Crippen molar-refractivity contribution >= 4 is 0 Å². The van der Waals surface area contributed by atoms with Gasteiger partial charge in [-0.25, -0.2) is 0 Å². The summed E-state index contributed by atoms with van der Waals surface area (Å²) >= 11 is 0. The topological polar surface area (TPSA) is 26.7 Å². The van der Waals surface area contributed by atoms with Crippen molar-refractivity contribution < 1.29 is 5.11 Å². The molecule has 0 aliphatic carbocycles. The quantitative estimate of drug-likeness (QED) is 0.900. The highest BCUT2D eigenvalue weighted by atomic mass is 16.3. The summed E-state index contributed by atoms with van der Waals surface area (Å²) in [7, 11) is 0. The summed E-state index contributed by atoms with van der Waals surface area (Å²) in [6, 6.07) is 4.13. The average Bonchev–Trinajstić information content (AvgIpc) is 2.42. The smallest absolute Gasteiger partial charge is 0.120 e. The number of rotatable bonds is 5. The molecular formula is C19H32N2O. The van der Waals surface area contributed by atoms with Crippen molar-refractivity contribution in [3.05, 3.63) is 28.8 Å². The van der Waals surface area contributed by atoms with E-state index in [1.807, 2.05) is 6.07 Å². The molecule has 0 atom stereocenters. The zero-order chi connectivity index (χ0) is 16.3. The van der Waals surface area contributed by atoms with Gasteiger partial charge in [0.1, 0.15) is 5.75 Å². The van der Waals surface area contributed by atoms with Gasteiger partial charge < -0.3 is 10.0 Å². The number of aryl methyl sites for hydroxylation is 1. The Morgan fingerprint density at radius 3 is 2.14 bits per heavy atom. The fourth-order valence-corrected chi connectivity index (χ4v) is 3.39. The van der Waals surface area contributed by atoms with E-state index in [9.17, 15) is 5.11 Å². The fraction of sp³-hybridized carbons (Fsp3) is 0.684. The summed E-state index contributed by atoms with van der Waals surface area (Å²) in [5.74, 6) is 1.69. The Morgan fingerprint density at radius 2 is 1.59 bits per heavy atom. The Balaban J connectivity index is 1.99. The van der Waals surface area contributed by atoms with Crippen molar-refractivity contribution in [3.8, 4) is 5.75 Å².